The van der Waals surface area contributed by atoms with Crippen LogP contribution in [0.5, 0.6) is 0 Å². The fourth-order valence-electron chi connectivity index (χ4n) is 5.62. The summed E-state index contributed by atoms with van der Waals surface area (Å²) in [5, 5.41) is 11.8. The lowest BCUT2D eigenvalue weighted by Gasteiger charge is -2.32. The second kappa shape index (κ2) is 6.02. The van der Waals surface area contributed by atoms with Crippen LogP contribution in [0.25, 0.3) is 54.5 Å². The van der Waals surface area contributed by atoms with E-state index in [9.17, 15) is 0 Å². The van der Waals surface area contributed by atoms with Gasteiger partial charge in [0.25, 0.3) is 0 Å². The number of aromatic nitrogens is 2. The Hall–Kier alpha value is -3.56. The molecule has 0 fully saturated rings. The first-order valence-electron chi connectivity index (χ1n) is 11.2. The predicted molar refractivity (Wildman–Crippen MR) is 139 cm³/mol. The highest BCUT2D eigenvalue weighted by molar-refractivity contribution is 7.03. The summed E-state index contributed by atoms with van der Waals surface area (Å²) in [5.74, 6) is 0. The van der Waals surface area contributed by atoms with Crippen LogP contribution < -0.4 is 10.5 Å². The zero-order valence-electron chi connectivity index (χ0n) is 18.4. The van der Waals surface area contributed by atoms with Gasteiger partial charge in [0.1, 0.15) is 8.07 Å². The molecule has 7 rings (SSSR count). The third-order valence-electron chi connectivity index (χ3n) is 7.26. The number of nitrogens with zero attached hydrogens (tertiary/aromatic N) is 2. The lowest BCUT2D eigenvalue weighted by molar-refractivity contribution is 1.34. The highest BCUT2D eigenvalue weighted by Gasteiger charge is 2.38. The van der Waals surface area contributed by atoms with Crippen LogP contribution in [0, 0.1) is 6.92 Å². The van der Waals surface area contributed by atoms with E-state index >= 15 is 0 Å². The summed E-state index contributed by atoms with van der Waals surface area (Å²) in [6.07, 6.45) is 1.97. The Morgan fingerprint density at radius 3 is 2.47 bits per heavy atom. The van der Waals surface area contributed by atoms with Crippen molar-refractivity contribution >= 4 is 61.8 Å². The van der Waals surface area contributed by atoms with Gasteiger partial charge in [-0.2, -0.15) is 0 Å². The largest absolute Gasteiger partial charge is 0.257 e. The van der Waals surface area contributed by atoms with E-state index < -0.39 is 8.07 Å². The highest BCUT2D eigenvalue weighted by Crippen LogP contribution is 2.38. The van der Waals surface area contributed by atoms with Crippen LogP contribution >= 0.6 is 0 Å². The van der Waals surface area contributed by atoms with Crippen molar-refractivity contribution in [3.8, 4) is 11.3 Å². The highest BCUT2D eigenvalue weighted by atomic mass is 28.3. The first-order valence-corrected chi connectivity index (χ1v) is 14.2. The van der Waals surface area contributed by atoms with Crippen molar-refractivity contribution in [2.75, 3.05) is 0 Å². The molecule has 4 aromatic carbocycles. The molecule has 3 heterocycles. The number of para-hydroxylation sites is 1. The second-order valence-electron chi connectivity index (χ2n) is 9.59. The normalized spacial score (nSPS) is 14.3. The van der Waals surface area contributed by atoms with Crippen molar-refractivity contribution in [3.05, 3.63) is 84.6 Å². The number of pyridine rings is 2. The van der Waals surface area contributed by atoms with E-state index in [-0.39, 0.29) is 0 Å². The van der Waals surface area contributed by atoms with Crippen molar-refractivity contribution < 1.29 is 0 Å². The zero-order chi connectivity index (χ0) is 21.6. The van der Waals surface area contributed by atoms with Crippen molar-refractivity contribution in [3.63, 3.8) is 0 Å². The third-order valence-corrected chi connectivity index (χ3v) is 10.6. The minimum absolute atomic E-state index is 1.07. The molecule has 0 atom stereocenters. The van der Waals surface area contributed by atoms with E-state index in [1.807, 2.05) is 6.20 Å². The minimum atomic E-state index is -2.05. The number of hydrogen-bond donors (Lipinski definition) is 0. The molecule has 0 spiro atoms. The fourth-order valence-corrected chi connectivity index (χ4v) is 8.52. The van der Waals surface area contributed by atoms with Gasteiger partial charge >= 0.3 is 0 Å². The summed E-state index contributed by atoms with van der Waals surface area (Å²) in [4.78, 5) is 10.1. The smallest absolute Gasteiger partial charge is 0.137 e. The van der Waals surface area contributed by atoms with Gasteiger partial charge in [-0.05, 0) is 57.2 Å². The van der Waals surface area contributed by atoms with E-state index in [1.54, 1.807) is 0 Å². The maximum atomic E-state index is 5.23. The monoisotopic (exact) mass is 426 g/mol. The molecule has 2 aromatic heterocycles. The lowest BCUT2D eigenvalue weighted by atomic mass is 9.94. The molecule has 0 saturated carbocycles. The molecule has 3 heteroatoms. The van der Waals surface area contributed by atoms with Crippen molar-refractivity contribution in [2.45, 2.75) is 20.0 Å². The van der Waals surface area contributed by atoms with Gasteiger partial charge in [-0.1, -0.05) is 73.3 Å². The number of hydrogen-bond acceptors (Lipinski definition) is 2. The number of benzene rings is 4. The minimum Gasteiger partial charge on any atom is -0.257 e. The molecule has 0 radical (unpaired) electrons. The first kappa shape index (κ1) is 18.1. The number of fused-ring (bicyclic) bond motifs is 7. The Balaban J connectivity index is 1.71. The Labute approximate surface area is 187 Å². The van der Waals surface area contributed by atoms with Gasteiger partial charge in [-0.3, -0.25) is 9.97 Å². The molecule has 6 aromatic rings. The quantitative estimate of drug-likeness (QED) is 0.213. The maximum absolute atomic E-state index is 5.23. The van der Waals surface area contributed by atoms with E-state index in [1.165, 1.54) is 59.3 Å². The van der Waals surface area contributed by atoms with Gasteiger partial charge in [0.2, 0.25) is 0 Å². The first-order chi connectivity index (χ1) is 15.5. The van der Waals surface area contributed by atoms with Gasteiger partial charge in [-0.25, -0.2) is 0 Å². The molecule has 1 aliphatic rings. The summed E-state index contributed by atoms with van der Waals surface area (Å²) in [7, 11) is -2.05. The zero-order valence-corrected chi connectivity index (χ0v) is 19.4. The summed E-state index contributed by atoms with van der Waals surface area (Å²) < 4.78 is 0. The van der Waals surface area contributed by atoms with E-state index in [0.717, 1.165) is 11.2 Å². The summed E-state index contributed by atoms with van der Waals surface area (Å²) in [6, 6.07) is 26.7. The number of rotatable bonds is 0. The SMILES string of the molecule is Cc1ccc2ccc3c4ccnc5c4c(cc3c2c1)[Si](C)(C)c1nc2ccccc2cc1-5. The van der Waals surface area contributed by atoms with Crippen LogP contribution in [-0.2, 0) is 0 Å². The molecule has 0 amide bonds. The Bertz CT molecular complexity index is 1770. The average Bonchev–Trinajstić information content (AvgIpc) is 2.81. The van der Waals surface area contributed by atoms with Crippen molar-refractivity contribution in [2.24, 2.45) is 0 Å². The summed E-state index contributed by atoms with van der Waals surface area (Å²) >= 11 is 0. The second-order valence-corrected chi connectivity index (χ2v) is 13.9. The van der Waals surface area contributed by atoms with Crippen molar-refractivity contribution in [1.82, 2.24) is 9.97 Å². The molecule has 0 aliphatic carbocycles. The average molecular weight is 427 g/mol. The Morgan fingerprint density at radius 2 is 1.56 bits per heavy atom. The van der Waals surface area contributed by atoms with Crippen LogP contribution in [0.15, 0.2) is 79.0 Å². The van der Waals surface area contributed by atoms with Crippen molar-refractivity contribution in [1.29, 1.82) is 0 Å². The topological polar surface area (TPSA) is 25.8 Å². The summed E-state index contributed by atoms with van der Waals surface area (Å²) in [5.41, 5.74) is 4.67. The molecule has 0 bridgehead atoms. The molecule has 2 nitrogen and oxygen atoms in total. The van der Waals surface area contributed by atoms with Gasteiger partial charge in [0.05, 0.1) is 11.2 Å². The van der Waals surface area contributed by atoms with Crippen LogP contribution in [-0.4, -0.2) is 18.0 Å². The van der Waals surface area contributed by atoms with E-state index in [4.69, 9.17) is 9.97 Å². The lowest BCUT2D eigenvalue weighted by Crippen LogP contribution is -2.57. The van der Waals surface area contributed by atoms with Crippen LogP contribution in [0.3, 0.4) is 0 Å². The molecule has 0 unspecified atom stereocenters. The standard InChI is InChI=1S/C29H22N2Si/c1-17-8-9-18-10-11-20-21-12-13-30-28-24-15-19-6-4-5-7-25(19)31-29(24)32(2,3)26(27(21)28)16-23(20)22(18)14-17/h4-16H,1-3H3. The van der Waals surface area contributed by atoms with Gasteiger partial charge in [0.15, 0.2) is 0 Å². The third kappa shape index (κ3) is 2.24. The Kier molecular flexibility index (Phi) is 3.40. The van der Waals surface area contributed by atoms with Gasteiger partial charge < -0.3 is 0 Å². The molecular formula is C29H22N2Si. The molecule has 0 N–H and O–H groups in total. The molecule has 1 aliphatic heterocycles. The van der Waals surface area contributed by atoms with Gasteiger partial charge in [-0.15, -0.1) is 0 Å². The molecule has 32 heavy (non-hydrogen) atoms. The molecular weight excluding hydrogens is 404 g/mol. The van der Waals surface area contributed by atoms with Gasteiger partial charge in [0, 0.05) is 27.8 Å². The Morgan fingerprint density at radius 1 is 0.719 bits per heavy atom. The summed E-state index contributed by atoms with van der Waals surface area (Å²) in [6.45, 7) is 7.07. The fraction of sp³-hybridized carbons (Fsp3) is 0.103. The van der Waals surface area contributed by atoms with Crippen LogP contribution in [0.2, 0.25) is 13.1 Å². The van der Waals surface area contributed by atoms with E-state index in [0.29, 0.717) is 0 Å². The maximum Gasteiger partial charge on any atom is 0.137 e. The number of aryl methyl sites for hydroxylation is 1. The molecule has 152 valence electrons. The van der Waals surface area contributed by atoms with Crippen LogP contribution in [0.4, 0.5) is 0 Å². The van der Waals surface area contributed by atoms with E-state index in [2.05, 4.69) is 92.8 Å². The predicted octanol–water partition coefficient (Wildman–Crippen LogP) is 6.20. The molecule has 0 saturated heterocycles. The van der Waals surface area contributed by atoms with Crippen LogP contribution in [0.1, 0.15) is 5.56 Å².